The molecule has 1 N–H and O–H groups in total. The summed E-state index contributed by atoms with van der Waals surface area (Å²) in [5, 5.41) is 11.3. The van der Waals surface area contributed by atoms with Gasteiger partial charge in [0.25, 0.3) is 0 Å². The third kappa shape index (κ3) is 1.31. The van der Waals surface area contributed by atoms with Crippen molar-refractivity contribution in [2.24, 2.45) is 7.05 Å². The first kappa shape index (κ1) is 9.56. The smallest absolute Gasteiger partial charge is 0.0912 e. The maximum Gasteiger partial charge on any atom is 0.0912 e. The van der Waals surface area contributed by atoms with Crippen molar-refractivity contribution in [3.05, 3.63) is 35.0 Å². The van der Waals surface area contributed by atoms with Crippen LogP contribution in [0.5, 0.6) is 0 Å². The first-order valence-corrected chi connectivity index (χ1v) is 4.91. The number of rotatable bonds is 1. The second-order valence-corrected chi connectivity index (χ2v) is 3.88. The second-order valence-electron chi connectivity index (χ2n) is 3.48. The minimum atomic E-state index is -0.469. The third-order valence-corrected chi connectivity index (χ3v) is 2.83. The number of hydrogen-bond acceptors (Lipinski definition) is 1. The Morgan fingerprint density at radius 1 is 1.43 bits per heavy atom. The second kappa shape index (κ2) is 3.30. The van der Waals surface area contributed by atoms with Crippen LogP contribution in [-0.2, 0) is 7.05 Å². The van der Waals surface area contributed by atoms with E-state index in [-0.39, 0.29) is 0 Å². The van der Waals surface area contributed by atoms with E-state index in [0.29, 0.717) is 0 Å². The molecule has 14 heavy (non-hydrogen) atoms. The van der Waals surface area contributed by atoms with Gasteiger partial charge < -0.3 is 9.67 Å². The number of halogens is 1. The molecule has 1 aromatic heterocycles. The molecule has 1 heterocycles. The lowest BCUT2D eigenvalue weighted by molar-refractivity contribution is 0.191. The number of aryl methyl sites for hydroxylation is 1. The fraction of sp³-hybridized carbons (Fsp3) is 0.273. The SMILES string of the molecule is CC(O)c1cc2c(Cl)cccc2n1C. The van der Waals surface area contributed by atoms with Crippen molar-refractivity contribution in [1.82, 2.24) is 4.57 Å². The molecule has 0 bridgehead atoms. The lowest BCUT2D eigenvalue weighted by Crippen LogP contribution is -1.99. The lowest BCUT2D eigenvalue weighted by Gasteiger charge is -2.05. The number of nitrogens with zero attached hydrogens (tertiary/aromatic N) is 1. The van der Waals surface area contributed by atoms with E-state index in [1.807, 2.05) is 35.9 Å². The van der Waals surface area contributed by atoms with Gasteiger partial charge in [0, 0.05) is 28.7 Å². The number of aliphatic hydroxyl groups is 1. The van der Waals surface area contributed by atoms with Gasteiger partial charge in [-0.1, -0.05) is 17.7 Å². The van der Waals surface area contributed by atoms with Gasteiger partial charge in [-0.15, -0.1) is 0 Å². The van der Waals surface area contributed by atoms with Gasteiger partial charge in [-0.2, -0.15) is 0 Å². The molecular formula is C11H12ClNO. The van der Waals surface area contributed by atoms with E-state index in [0.717, 1.165) is 21.6 Å². The highest BCUT2D eigenvalue weighted by atomic mass is 35.5. The van der Waals surface area contributed by atoms with Crippen molar-refractivity contribution < 1.29 is 5.11 Å². The van der Waals surface area contributed by atoms with Gasteiger partial charge in [-0.25, -0.2) is 0 Å². The van der Waals surface area contributed by atoms with Crippen LogP contribution < -0.4 is 0 Å². The predicted molar refractivity (Wildman–Crippen MR) is 58.6 cm³/mol. The largest absolute Gasteiger partial charge is 0.387 e. The zero-order chi connectivity index (χ0) is 10.3. The molecule has 0 aliphatic carbocycles. The summed E-state index contributed by atoms with van der Waals surface area (Å²) in [7, 11) is 1.93. The molecule has 0 fully saturated rings. The first-order valence-electron chi connectivity index (χ1n) is 4.53. The molecule has 0 amide bonds. The standard InChI is InChI=1S/C11H12ClNO/c1-7(14)11-6-8-9(12)4-3-5-10(8)13(11)2/h3-7,14H,1-2H3. The third-order valence-electron chi connectivity index (χ3n) is 2.50. The molecule has 1 unspecified atom stereocenters. The van der Waals surface area contributed by atoms with Crippen molar-refractivity contribution in [1.29, 1.82) is 0 Å². The van der Waals surface area contributed by atoms with Crippen LogP contribution in [0.15, 0.2) is 24.3 Å². The Morgan fingerprint density at radius 3 is 2.71 bits per heavy atom. The first-order chi connectivity index (χ1) is 6.61. The summed E-state index contributed by atoms with van der Waals surface area (Å²) in [5.41, 5.74) is 1.93. The number of aliphatic hydroxyl groups excluding tert-OH is 1. The predicted octanol–water partition coefficient (Wildman–Crippen LogP) is 2.89. The maximum absolute atomic E-state index is 9.53. The fourth-order valence-electron chi connectivity index (χ4n) is 1.75. The van der Waals surface area contributed by atoms with Gasteiger partial charge in [0.2, 0.25) is 0 Å². The van der Waals surface area contributed by atoms with E-state index in [9.17, 15) is 5.11 Å². The Hall–Kier alpha value is -0.990. The highest BCUT2D eigenvalue weighted by Crippen LogP contribution is 2.28. The monoisotopic (exact) mass is 209 g/mol. The molecule has 0 aliphatic heterocycles. The van der Waals surface area contributed by atoms with Crippen LogP contribution in [0, 0.1) is 0 Å². The molecule has 0 spiro atoms. The molecule has 2 aromatic rings. The van der Waals surface area contributed by atoms with Crippen LogP contribution in [0.3, 0.4) is 0 Å². The molecule has 0 radical (unpaired) electrons. The fourth-order valence-corrected chi connectivity index (χ4v) is 1.97. The van der Waals surface area contributed by atoms with Gasteiger partial charge in [0.15, 0.2) is 0 Å². The number of fused-ring (bicyclic) bond motifs is 1. The molecule has 1 atom stereocenters. The van der Waals surface area contributed by atoms with Crippen molar-refractivity contribution in [3.8, 4) is 0 Å². The molecule has 0 aliphatic rings. The van der Waals surface area contributed by atoms with Crippen molar-refractivity contribution in [3.63, 3.8) is 0 Å². The van der Waals surface area contributed by atoms with Gasteiger partial charge >= 0.3 is 0 Å². The van der Waals surface area contributed by atoms with Gasteiger partial charge in [0.05, 0.1) is 6.10 Å². The average molecular weight is 210 g/mol. The van der Waals surface area contributed by atoms with Crippen LogP contribution in [-0.4, -0.2) is 9.67 Å². The summed E-state index contributed by atoms with van der Waals surface area (Å²) >= 11 is 6.05. The van der Waals surface area contributed by atoms with Crippen molar-refractivity contribution >= 4 is 22.5 Å². The molecule has 2 rings (SSSR count). The Balaban J connectivity index is 2.80. The molecule has 1 aromatic carbocycles. The van der Waals surface area contributed by atoms with E-state index in [4.69, 9.17) is 11.6 Å². The van der Waals surface area contributed by atoms with Crippen LogP contribution >= 0.6 is 11.6 Å². The zero-order valence-electron chi connectivity index (χ0n) is 8.16. The highest BCUT2D eigenvalue weighted by Gasteiger charge is 2.11. The molecular weight excluding hydrogens is 198 g/mol. The van der Waals surface area contributed by atoms with Gasteiger partial charge in [-0.05, 0) is 25.1 Å². The summed E-state index contributed by atoms with van der Waals surface area (Å²) in [5.74, 6) is 0. The zero-order valence-corrected chi connectivity index (χ0v) is 8.92. The minimum absolute atomic E-state index is 0.469. The topological polar surface area (TPSA) is 25.2 Å². The molecule has 3 heteroatoms. The Bertz CT molecular complexity index is 473. The summed E-state index contributed by atoms with van der Waals surface area (Å²) in [4.78, 5) is 0. The van der Waals surface area contributed by atoms with E-state index < -0.39 is 6.10 Å². The summed E-state index contributed by atoms with van der Waals surface area (Å²) in [6, 6.07) is 7.70. The van der Waals surface area contributed by atoms with Gasteiger partial charge in [0.1, 0.15) is 0 Å². The van der Waals surface area contributed by atoms with Crippen LogP contribution in [0.25, 0.3) is 10.9 Å². The molecule has 0 saturated heterocycles. The quantitative estimate of drug-likeness (QED) is 0.768. The number of hydrogen-bond donors (Lipinski definition) is 1. The molecule has 0 saturated carbocycles. The summed E-state index contributed by atoms with van der Waals surface area (Å²) < 4.78 is 1.96. The molecule has 74 valence electrons. The van der Waals surface area contributed by atoms with Gasteiger partial charge in [-0.3, -0.25) is 0 Å². The maximum atomic E-state index is 9.53. The Labute approximate surface area is 87.7 Å². The van der Waals surface area contributed by atoms with Crippen molar-refractivity contribution in [2.75, 3.05) is 0 Å². The number of benzene rings is 1. The Kier molecular flexibility index (Phi) is 2.25. The van der Waals surface area contributed by atoms with Crippen LogP contribution in [0.4, 0.5) is 0 Å². The summed E-state index contributed by atoms with van der Waals surface area (Å²) in [6.45, 7) is 1.75. The van der Waals surface area contributed by atoms with E-state index in [1.54, 1.807) is 6.92 Å². The highest BCUT2D eigenvalue weighted by molar-refractivity contribution is 6.35. The molecule has 2 nitrogen and oxygen atoms in total. The summed E-state index contributed by atoms with van der Waals surface area (Å²) in [6.07, 6.45) is -0.469. The van der Waals surface area contributed by atoms with Crippen LogP contribution in [0.1, 0.15) is 18.7 Å². The van der Waals surface area contributed by atoms with Crippen molar-refractivity contribution in [2.45, 2.75) is 13.0 Å². The normalized spacial score (nSPS) is 13.4. The van der Waals surface area contributed by atoms with Crippen LogP contribution in [0.2, 0.25) is 5.02 Å². The minimum Gasteiger partial charge on any atom is -0.387 e. The number of aromatic nitrogens is 1. The van der Waals surface area contributed by atoms with E-state index in [1.165, 1.54) is 0 Å². The lowest BCUT2D eigenvalue weighted by atomic mass is 10.2. The Morgan fingerprint density at radius 2 is 2.14 bits per heavy atom. The van der Waals surface area contributed by atoms with E-state index in [2.05, 4.69) is 0 Å². The van der Waals surface area contributed by atoms with E-state index >= 15 is 0 Å². The average Bonchev–Trinajstić information content (AvgIpc) is 2.46.